The fraction of sp³-hybridized carbons (Fsp3) is 0.818. The topological polar surface area (TPSA) is 57.6 Å². The highest BCUT2D eigenvalue weighted by molar-refractivity contribution is 5.77. The van der Waals surface area contributed by atoms with E-state index in [9.17, 15) is 22.8 Å². The molecule has 0 heterocycles. The van der Waals surface area contributed by atoms with Crippen LogP contribution < -0.4 is 0 Å². The molecule has 0 saturated heterocycles. The maximum atomic E-state index is 12.0. The quantitative estimate of drug-likeness (QED) is 0.834. The Morgan fingerprint density at radius 1 is 1.11 bits per heavy atom. The summed E-state index contributed by atoms with van der Waals surface area (Å²) in [6, 6.07) is 0. The van der Waals surface area contributed by atoms with Crippen LogP contribution in [0.5, 0.6) is 0 Å². The van der Waals surface area contributed by atoms with Crippen molar-refractivity contribution in [1.29, 1.82) is 0 Å². The molecule has 0 radical (unpaired) electrons. The highest BCUT2D eigenvalue weighted by Crippen LogP contribution is 2.23. The minimum atomic E-state index is -4.38. The molecule has 7 heteroatoms. The second-order valence-electron chi connectivity index (χ2n) is 4.98. The number of carbonyl (C=O) groups is 2. The van der Waals surface area contributed by atoms with E-state index >= 15 is 0 Å². The Hall–Kier alpha value is -1.27. The Bertz CT molecular complexity index is 308. The normalized spacial score (nSPS) is 12.3. The number of carboxylic acid groups (broad SMARTS) is 1. The van der Waals surface area contributed by atoms with E-state index < -0.39 is 36.4 Å². The summed E-state index contributed by atoms with van der Waals surface area (Å²) in [6.07, 6.45) is -6.51. The molecule has 1 amide bonds. The number of carbonyl (C=O) groups excluding carboxylic acids is 1. The van der Waals surface area contributed by atoms with Crippen molar-refractivity contribution < 1.29 is 27.9 Å². The van der Waals surface area contributed by atoms with E-state index in [1.807, 2.05) is 0 Å². The van der Waals surface area contributed by atoms with Gasteiger partial charge in [-0.1, -0.05) is 0 Å². The van der Waals surface area contributed by atoms with Crippen LogP contribution in [0.1, 0.15) is 40.0 Å². The Balaban J connectivity index is 4.56. The Kier molecular flexibility index (Phi) is 5.63. The van der Waals surface area contributed by atoms with Crippen LogP contribution in [0, 0.1) is 0 Å². The average Bonchev–Trinajstić information content (AvgIpc) is 2.11. The van der Waals surface area contributed by atoms with Crippen LogP contribution in [-0.4, -0.2) is 40.1 Å². The van der Waals surface area contributed by atoms with Gasteiger partial charge in [-0.3, -0.25) is 9.59 Å². The van der Waals surface area contributed by atoms with E-state index in [-0.39, 0.29) is 13.0 Å². The third-order valence-corrected chi connectivity index (χ3v) is 2.28. The zero-order valence-corrected chi connectivity index (χ0v) is 10.7. The molecule has 106 valence electrons. The first-order chi connectivity index (χ1) is 7.93. The van der Waals surface area contributed by atoms with E-state index in [4.69, 9.17) is 5.11 Å². The van der Waals surface area contributed by atoms with Gasteiger partial charge in [-0.05, 0) is 20.8 Å². The number of hydrogen-bond donors (Lipinski definition) is 1. The van der Waals surface area contributed by atoms with Crippen LogP contribution in [0.4, 0.5) is 13.2 Å². The molecule has 0 spiro atoms. The summed E-state index contributed by atoms with van der Waals surface area (Å²) >= 11 is 0. The minimum Gasteiger partial charge on any atom is -0.481 e. The standard InChI is InChI=1S/C11H18F3NO3/c1-10(2,3)15(7-5-9(17)18)8(16)4-6-11(12,13)14/h4-7H2,1-3H3,(H,17,18). The molecule has 0 aromatic rings. The fourth-order valence-electron chi connectivity index (χ4n) is 1.43. The van der Waals surface area contributed by atoms with Gasteiger partial charge in [0.05, 0.1) is 12.8 Å². The number of hydrogen-bond acceptors (Lipinski definition) is 2. The Morgan fingerprint density at radius 2 is 1.61 bits per heavy atom. The molecule has 0 aliphatic rings. The van der Waals surface area contributed by atoms with Crippen LogP contribution in [0.2, 0.25) is 0 Å². The highest BCUT2D eigenvalue weighted by Gasteiger charge is 2.32. The second-order valence-corrected chi connectivity index (χ2v) is 4.98. The first-order valence-electron chi connectivity index (χ1n) is 5.52. The first kappa shape index (κ1) is 16.7. The number of aliphatic carboxylic acids is 1. The van der Waals surface area contributed by atoms with Gasteiger partial charge in [0, 0.05) is 18.5 Å². The maximum Gasteiger partial charge on any atom is 0.389 e. The first-order valence-corrected chi connectivity index (χ1v) is 5.52. The molecule has 0 saturated carbocycles. The van der Waals surface area contributed by atoms with Gasteiger partial charge in [0.1, 0.15) is 0 Å². The number of alkyl halides is 3. The van der Waals surface area contributed by atoms with Crippen molar-refractivity contribution in [2.75, 3.05) is 6.54 Å². The fourth-order valence-corrected chi connectivity index (χ4v) is 1.43. The number of rotatable bonds is 5. The molecule has 4 nitrogen and oxygen atoms in total. The molecule has 1 N–H and O–H groups in total. The van der Waals surface area contributed by atoms with Crippen LogP contribution in [0.25, 0.3) is 0 Å². The van der Waals surface area contributed by atoms with Gasteiger partial charge in [0.25, 0.3) is 0 Å². The molecular formula is C11H18F3NO3. The number of halogens is 3. The van der Waals surface area contributed by atoms with Crippen molar-refractivity contribution >= 4 is 11.9 Å². The molecule has 0 bridgehead atoms. The van der Waals surface area contributed by atoms with Crippen molar-refractivity contribution in [3.63, 3.8) is 0 Å². The van der Waals surface area contributed by atoms with Crippen LogP contribution in [-0.2, 0) is 9.59 Å². The van der Waals surface area contributed by atoms with E-state index in [0.29, 0.717) is 0 Å². The summed E-state index contributed by atoms with van der Waals surface area (Å²) < 4.78 is 36.1. The summed E-state index contributed by atoms with van der Waals surface area (Å²) in [7, 11) is 0. The molecule has 0 aliphatic heterocycles. The smallest absolute Gasteiger partial charge is 0.389 e. The lowest BCUT2D eigenvalue weighted by atomic mass is 10.0. The average molecular weight is 269 g/mol. The lowest BCUT2D eigenvalue weighted by Crippen LogP contribution is -2.46. The molecule has 0 fully saturated rings. The summed E-state index contributed by atoms with van der Waals surface area (Å²) in [5.74, 6) is -1.77. The van der Waals surface area contributed by atoms with Crippen molar-refractivity contribution in [3.05, 3.63) is 0 Å². The van der Waals surface area contributed by atoms with Gasteiger partial charge in [0.2, 0.25) is 5.91 Å². The zero-order valence-electron chi connectivity index (χ0n) is 10.7. The molecule has 0 unspecified atom stereocenters. The van der Waals surface area contributed by atoms with Crippen molar-refractivity contribution in [1.82, 2.24) is 4.90 Å². The summed E-state index contributed by atoms with van der Waals surface area (Å²) in [5, 5.41) is 8.55. The van der Waals surface area contributed by atoms with Crippen molar-refractivity contribution in [2.24, 2.45) is 0 Å². The lowest BCUT2D eigenvalue weighted by Gasteiger charge is -2.35. The van der Waals surface area contributed by atoms with Crippen molar-refractivity contribution in [2.45, 2.75) is 51.7 Å². The largest absolute Gasteiger partial charge is 0.481 e. The molecule has 0 aromatic carbocycles. The highest BCUT2D eigenvalue weighted by atomic mass is 19.4. The third-order valence-electron chi connectivity index (χ3n) is 2.28. The molecule has 18 heavy (non-hydrogen) atoms. The van der Waals surface area contributed by atoms with E-state index in [1.165, 1.54) is 4.90 Å². The summed E-state index contributed by atoms with van der Waals surface area (Å²) in [6.45, 7) is 4.87. The number of carboxylic acids is 1. The summed E-state index contributed by atoms with van der Waals surface area (Å²) in [5.41, 5.74) is -0.696. The third kappa shape index (κ3) is 7.13. The van der Waals surface area contributed by atoms with Crippen LogP contribution in [0.15, 0.2) is 0 Å². The van der Waals surface area contributed by atoms with Gasteiger partial charge in [0.15, 0.2) is 0 Å². The SMILES string of the molecule is CC(C)(C)N(CCC(=O)O)C(=O)CCC(F)(F)F. The Morgan fingerprint density at radius 3 is 1.94 bits per heavy atom. The second kappa shape index (κ2) is 6.06. The van der Waals surface area contributed by atoms with E-state index in [1.54, 1.807) is 20.8 Å². The van der Waals surface area contributed by atoms with Gasteiger partial charge in [-0.15, -0.1) is 0 Å². The van der Waals surface area contributed by atoms with Gasteiger partial charge in [-0.2, -0.15) is 13.2 Å². The summed E-state index contributed by atoms with van der Waals surface area (Å²) in [4.78, 5) is 23.3. The minimum absolute atomic E-state index is 0.0878. The van der Waals surface area contributed by atoms with Gasteiger partial charge < -0.3 is 10.0 Å². The van der Waals surface area contributed by atoms with Crippen LogP contribution >= 0.6 is 0 Å². The van der Waals surface area contributed by atoms with Gasteiger partial charge in [-0.25, -0.2) is 0 Å². The molecule has 0 atom stereocenters. The van der Waals surface area contributed by atoms with Crippen molar-refractivity contribution in [3.8, 4) is 0 Å². The van der Waals surface area contributed by atoms with Crippen LogP contribution in [0.3, 0.4) is 0 Å². The predicted octanol–water partition coefficient (Wildman–Crippen LogP) is 2.43. The molecule has 0 aromatic heterocycles. The molecular weight excluding hydrogens is 251 g/mol. The lowest BCUT2D eigenvalue weighted by molar-refractivity contribution is -0.152. The monoisotopic (exact) mass is 269 g/mol. The van der Waals surface area contributed by atoms with E-state index in [0.717, 1.165) is 0 Å². The van der Waals surface area contributed by atoms with Gasteiger partial charge >= 0.3 is 12.1 Å². The predicted molar refractivity (Wildman–Crippen MR) is 59.0 cm³/mol. The maximum absolute atomic E-state index is 12.0. The molecule has 0 rings (SSSR count). The molecule has 0 aliphatic carbocycles. The zero-order chi connectivity index (χ0) is 14.6. The Labute approximate surface area is 104 Å². The number of amides is 1. The van der Waals surface area contributed by atoms with E-state index in [2.05, 4.69) is 0 Å². The number of nitrogens with zero attached hydrogens (tertiary/aromatic N) is 1.